The standard InChI is InChI=1S/C9H14N3O6PS/c10-7-1-2-12(9(14)11-7)8-3-6(5(4-13)18-8)20-19(15,16)17/h1-2,5-6,8,13H,3-4H2,(H2,10,11,14)(H2,15,16,17)/t5-,6+,8-/m1/s1. The number of rotatable bonds is 4. The molecule has 1 aromatic heterocycles. The van der Waals surface area contributed by atoms with Crippen molar-refractivity contribution in [2.45, 2.75) is 24.0 Å². The molecule has 1 saturated heterocycles. The first-order valence-corrected chi connectivity index (χ1v) is 8.75. The minimum absolute atomic E-state index is 0.0732. The normalized spacial score (nSPS) is 26.9. The van der Waals surface area contributed by atoms with E-state index >= 15 is 0 Å². The van der Waals surface area contributed by atoms with Crippen molar-refractivity contribution >= 4 is 24.0 Å². The van der Waals surface area contributed by atoms with E-state index in [0.29, 0.717) is 11.4 Å². The first kappa shape index (κ1) is 15.5. The molecule has 0 amide bonds. The van der Waals surface area contributed by atoms with Crippen LogP contribution in [-0.4, -0.2) is 42.4 Å². The van der Waals surface area contributed by atoms with Crippen molar-refractivity contribution in [3.63, 3.8) is 0 Å². The Morgan fingerprint density at radius 3 is 2.85 bits per heavy atom. The summed E-state index contributed by atoms with van der Waals surface area (Å²) in [7, 11) is 0. The molecule has 0 bridgehead atoms. The molecule has 0 unspecified atom stereocenters. The summed E-state index contributed by atoms with van der Waals surface area (Å²) in [5.74, 6) is 0.0732. The molecular formula is C9H14N3O6PS. The number of ether oxygens (including phenoxy) is 1. The van der Waals surface area contributed by atoms with E-state index < -0.39 is 36.7 Å². The second-order valence-corrected chi connectivity index (χ2v) is 8.08. The van der Waals surface area contributed by atoms with Gasteiger partial charge in [-0.05, 0) is 17.4 Å². The van der Waals surface area contributed by atoms with E-state index in [2.05, 4.69) is 4.98 Å². The zero-order valence-corrected chi connectivity index (χ0v) is 11.9. The Balaban J connectivity index is 2.20. The molecule has 0 radical (unpaired) electrons. The summed E-state index contributed by atoms with van der Waals surface area (Å²) in [4.78, 5) is 33.2. The van der Waals surface area contributed by atoms with Crippen LogP contribution in [-0.2, 0) is 9.30 Å². The van der Waals surface area contributed by atoms with Crippen LogP contribution in [0.4, 0.5) is 5.82 Å². The van der Waals surface area contributed by atoms with Crippen molar-refractivity contribution in [3.05, 3.63) is 22.7 Å². The van der Waals surface area contributed by atoms with Gasteiger partial charge in [-0.25, -0.2) is 9.36 Å². The van der Waals surface area contributed by atoms with Gasteiger partial charge in [-0.1, -0.05) is 0 Å². The third kappa shape index (κ3) is 3.60. The lowest BCUT2D eigenvalue weighted by atomic mass is 10.2. The minimum atomic E-state index is -4.30. The van der Waals surface area contributed by atoms with Gasteiger partial charge in [0.05, 0.1) is 12.7 Å². The number of nitrogens with zero attached hydrogens (tertiary/aromatic N) is 2. The number of nitrogen functional groups attached to an aromatic ring is 1. The highest BCUT2D eigenvalue weighted by molar-refractivity contribution is 8.54. The summed E-state index contributed by atoms with van der Waals surface area (Å²) < 4.78 is 17.6. The van der Waals surface area contributed by atoms with Crippen LogP contribution >= 0.6 is 18.2 Å². The van der Waals surface area contributed by atoms with Crippen molar-refractivity contribution in [1.82, 2.24) is 9.55 Å². The number of anilines is 1. The summed E-state index contributed by atoms with van der Waals surface area (Å²) in [5.41, 5.74) is 4.76. The van der Waals surface area contributed by atoms with Crippen LogP contribution in [0, 0.1) is 0 Å². The maximum Gasteiger partial charge on any atom is 0.384 e. The Morgan fingerprint density at radius 2 is 2.30 bits per heavy atom. The first-order valence-electron chi connectivity index (χ1n) is 5.65. The fourth-order valence-electron chi connectivity index (χ4n) is 1.97. The van der Waals surface area contributed by atoms with Gasteiger partial charge in [-0.15, -0.1) is 0 Å². The van der Waals surface area contributed by atoms with Gasteiger partial charge < -0.3 is 25.4 Å². The topological polar surface area (TPSA) is 148 Å². The quantitative estimate of drug-likeness (QED) is 0.528. The Hall–Kier alpha value is -0.900. The maximum absolute atomic E-state index is 11.7. The zero-order chi connectivity index (χ0) is 14.9. The fourth-order valence-corrected chi connectivity index (χ4v) is 4.58. The Morgan fingerprint density at radius 1 is 1.60 bits per heavy atom. The summed E-state index contributed by atoms with van der Waals surface area (Å²) in [6.07, 6.45) is 0.0692. The molecule has 3 atom stereocenters. The van der Waals surface area contributed by atoms with E-state index in [1.807, 2.05) is 0 Å². The average Bonchev–Trinajstić information content (AvgIpc) is 2.69. The third-order valence-corrected chi connectivity index (χ3v) is 5.47. The van der Waals surface area contributed by atoms with Crippen molar-refractivity contribution < 1.29 is 24.2 Å². The molecule has 2 heterocycles. The molecule has 1 fully saturated rings. The summed E-state index contributed by atoms with van der Waals surface area (Å²) in [6.45, 7) is -4.70. The number of hydrogen-bond donors (Lipinski definition) is 4. The van der Waals surface area contributed by atoms with E-state index in [4.69, 9.17) is 20.3 Å². The van der Waals surface area contributed by atoms with Crippen LogP contribution in [0.3, 0.4) is 0 Å². The van der Waals surface area contributed by atoms with Crippen LogP contribution in [0.25, 0.3) is 0 Å². The van der Waals surface area contributed by atoms with Crippen LogP contribution in [0.15, 0.2) is 17.1 Å². The van der Waals surface area contributed by atoms with Crippen molar-refractivity contribution in [3.8, 4) is 0 Å². The van der Waals surface area contributed by atoms with E-state index in [1.54, 1.807) is 0 Å². The largest absolute Gasteiger partial charge is 0.394 e. The third-order valence-electron chi connectivity index (χ3n) is 2.79. The van der Waals surface area contributed by atoms with Gasteiger partial charge >= 0.3 is 12.5 Å². The van der Waals surface area contributed by atoms with E-state index in [9.17, 15) is 14.5 Å². The number of nitrogens with two attached hydrogens (primary N) is 1. The maximum atomic E-state index is 11.7. The van der Waals surface area contributed by atoms with Crippen molar-refractivity contribution in [1.29, 1.82) is 0 Å². The second kappa shape index (κ2) is 5.84. The molecule has 0 aromatic carbocycles. The van der Waals surface area contributed by atoms with E-state index in [-0.39, 0.29) is 12.2 Å². The smallest absolute Gasteiger partial charge is 0.384 e. The highest BCUT2D eigenvalue weighted by Gasteiger charge is 2.40. The molecule has 1 aromatic rings. The molecule has 20 heavy (non-hydrogen) atoms. The molecule has 112 valence electrons. The van der Waals surface area contributed by atoms with Gasteiger partial charge in [0.15, 0.2) is 0 Å². The lowest BCUT2D eigenvalue weighted by Crippen LogP contribution is -2.27. The molecule has 1 aliphatic rings. The Labute approximate surface area is 117 Å². The van der Waals surface area contributed by atoms with Gasteiger partial charge in [0.25, 0.3) is 0 Å². The van der Waals surface area contributed by atoms with Crippen LogP contribution in [0.5, 0.6) is 0 Å². The van der Waals surface area contributed by atoms with E-state index in [0.717, 1.165) is 0 Å². The summed E-state index contributed by atoms with van der Waals surface area (Å²) in [5, 5.41) is 8.58. The average molecular weight is 323 g/mol. The van der Waals surface area contributed by atoms with Gasteiger partial charge in [0, 0.05) is 17.9 Å². The molecular weight excluding hydrogens is 309 g/mol. The Kier molecular flexibility index (Phi) is 4.52. The monoisotopic (exact) mass is 323 g/mol. The second-order valence-electron chi connectivity index (χ2n) is 4.22. The molecule has 11 heteroatoms. The highest BCUT2D eigenvalue weighted by Crippen LogP contribution is 2.56. The first-order chi connectivity index (χ1) is 9.30. The molecule has 2 rings (SSSR count). The molecule has 5 N–H and O–H groups in total. The molecule has 0 saturated carbocycles. The summed E-state index contributed by atoms with van der Waals surface area (Å²) >= 11 is 0.426. The van der Waals surface area contributed by atoms with Crippen molar-refractivity contribution in [2.24, 2.45) is 0 Å². The molecule has 0 aliphatic carbocycles. The van der Waals surface area contributed by atoms with Gasteiger partial charge in [-0.2, -0.15) is 4.98 Å². The van der Waals surface area contributed by atoms with Crippen LogP contribution in [0.2, 0.25) is 0 Å². The predicted molar refractivity (Wildman–Crippen MR) is 71.9 cm³/mol. The predicted octanol–water partition coefficient (Wildman–Crippen LogP) is -0.700. The summed E-state index contributed by atoms with van der Waals surface area (Å²) in [6, 6.07) is 1.42. The number of aliphatic hydroxyl groups excluding tert-OH is 1. The lowest BCUT2D eigenvalue weighted by Gasteiger charge is -2.15. The number of aromatic nitrogens is 2. The number of hydrogen-bond acceptors (Lipinski definition) is 7. The molecule has 0 spiro atoms. The van der Waals surface area contributed by atoms with Crippen LogP contribution < -0.4 is 11.4 Å². The van der Waals surface area contributed by atoms with Gasteiger partial charge in [0.2, 0.25) is 0 Å². The molecule has 1 aliphatic heterocycles. The SMILES string of the molecule is Nc1ccn([C@H]2C[C@H](SP(=O)(O)O)[C@@H](CO)O2)c(=O)n1. The van der Waals surface area contributed by atoms with Crippen molar-refractivity contribution in [2.75, 3.05) is 12.3 Å². The highest BCUT2D eigenvalue weighted by atomic mass is 32.7. The molecule has 9 nitrogen and oxygen atoms in total. The zero-order valence-electron chi connectivity index (χ0n) is 10.2. The fraction of sp³-hybridized carbons (Fsp3) is 0.556. The van der Waals surface area contributed by atoms with Crippen LogP contribution in [0.1, 0.15) is 12.6 Å². The minimum Gasteiger partial charge on any atom is -0.394 e. The Bertz CT molecular complexity index is 589. The van der Waals surface area contributed by atoms with E-state index in [1.165, 1.54) is 16.8 Å². The van der Waals surface area contributed by atoms with Gasteiger partial charge in [0.1, 0.15) is 12.0 Å². The number of aliphatic hydroxyl groups is 1. The van der Waals surface area contributed by atoms with Gasteiger partial charge in [-0.3, -0.25) is 4.57 Å². The lowest BCUT2D eigenvalue weighted by molar-refractivity contribution is -0.0236.